The summed E-state index contributed by atoms with van der Waals surface area (Å²) >= 11 is 0. The number of nitrogens with zero attached hydrogens (tertiary/aromatic N) is 4. The van der Waals surface area contributed by atoms with E-state index in [0.717, 1.165) is 99.6 Å². The Kier molecular flexibility index (Phi) is 7.09. The van der Waals surface area contributed by atoms with Gasteiger partial charge in [0.25, 0.3) is 0 Å². The highest BCUT2D eigenvalue weighted by molar-refractivity contribution is 6.15. The number of fused-ring (bicyclic) bond motifs is 9. The molecule has 0 unspecified atom stereocenters. The van der Waals surface area contributed by atoms with Crippen molar-refractivity contribution >= 4 is 82.9 Å². The van der Waals surface area contributed by atoms with E-state index in [9.17, 15) is 0 Å². The van der Waals surface area contributed by atoms with Gasteiger partial charge < -0.3 is 18.2 Å². The van der Waals surface area contributed by atoms with E-state index < -0.39 is 0 Å². The van der Waals surface area contributed by atoms with Crippen LogP contribution in [0.25, 0.3) is 100.0 Å². The highest BCUT2D eigenvalue weighted by atomic mass is 16.3. The zero-order valence-electron chi connectivity index (χ0n) is 30.8. The van der Waals surface area contributed by atoms with Gasteiger partial charge in [0.15, 0.2) is 17.5 Å². The van der Waals surface area contributed by atoms with Crippen LogP contribution in [0, 0.1) is 0 Å². The topological polar surface area (TPSA) is 81.3 Å². The van der Waals surface area contributed by atoms with E-state index in [0.29, 0.717) is 17.5 Å². The van der Waals surface area contributed by atoms with Crippen molar-refractivity contribution in [3.63, 3.8) is 0 Å². The van der Waals surface area contributed by atoms with E-state index in [4.69, 9.17) is 28.2 Å². The van der Waals surface area contributed by atoms with E-state index in [1.807, 2.05) is 109 Å². The Hall–Kier alpha value is -8.03. The van der Waals surface area contributed by atoms with Gasteiger partial charge in [0.1, 0.15) is 33.5 Å². The SMILES string of the molecule is c1ccc(-c2nc(-c3cccc4oc5ccccc5c34)nc(-c3cc(N(c4ccccc4)c4ccc5oc6ccccc6c5c4)cc4oc5ccccc5c34)n2)cc1. The first kappa shape index (κ1) is 32.2. The minimum Gasteiger partial charge on any atom is -0.456 e. The number of rotatable bonds is 6. The van der Waals surface area contributed by atoms with Crippen molar-refractivity contribution < 1.29 is 13.3 Å². The Morgan fingerprint density at radius 2 is 0.845 bits per heavy atom. The average Bonchev–Trinajstić information content (AvgIpc) is 3.98. The lowest BCUT2D eigenvalue weighted by Crippen LogP contribution is -2.10. The number of furan rings is 3. The van der Waals surface area contributed by atoms with Crippen molar-refractivity contribution in [3.8, 4) is 34.2 Å². The molecule has 12 rings (SSSR count). The molecule has 12 aromatic rings. The summed E-state index contributed by atoms with van der Waals surface area (Å²) in [5.74, 6) is 1.63. The lowest BCUT2D eigenvalue weighted by Gasteiger charge is -2.26. The largest absolute Gasteiger partial charge is 0.456 e. The molecule has 0 saturated heterocycles. The molecule has 0 amide bonds. The third kappa shape index (κ3) is 5.11. The number of aromatic nitrogens is 3. The number of para-hydroxylation sites is 4. The summed E-state index contributed by atoms with van der Waals surface area (Å²) in [6.07, 6.45) is 0. The van der Waals surface area contributed by atoms with Crippen LogP contribution < -0.4 is 4.90 Å². The molecule has 4 aromatic heterocycles. The molecule has 0 N–H and O–H groups in total. The molecule has 7 nitrogen and oxygen atoms in total. The van der Waals surface area contributed by atoms with Crippen LogP contribution in [-0.2, 0) is 0 Å². The Morgan fingerprint density at radius 1 is 0.310 bits per heavy atom. The lowest BCUT2D eigenvalue weighted by atomic mass is 10.0. The summed E-state index contributed by atoms with van der Waals surface area (Å²) < 4.78 is 19.3. The maximum Gasteiger partial charge on any atom is 0.164 e. The minimum atomic E-state index is 0.524. The quantitative estimate of drug-likeness (QED) is 0.168. The Bertz CT molecular complexity index is 3530. The van der Waals surface area contributed by atoms with E-state index in [1.54, 1.807) is 0 Å². The van der Waals surface area contributed by atoms with Crippen molar-refractivity contribution in [3.05, 3.63) is 182 Å². The molecule has 7 heteroatoms. The first-order valence-corrected chi connectivity index (χ1v) is 19.2. The summed E-state index contributed by atoms with van der Waals surface area (Å²) in [5.41, 5.74) is 10.1. The second-order valence-electron chi connectivity index (χ2n) is 14.4. The standard InChI is InChI=1S/C51H30N4O3/c1-3-14-31(15-4-1)49-52-50(38-21-13-25-45-47(38)36-19-8-11-23-42(36)57-45)54-51(53-49)40-29-34(30-46-48(40)37-20-9-12-24-43(37)58-46)55(32-16-5-2-6-17-32)33-26-27-44-39(28-33)35-18-7-10-22-41(35)56-44/h1-30H. The molecule has 0 saturated carbocycles. The average molecular weight is 747 g/mol. The number of hydrogen-bond donors (Lipinski definition) is 0. The molecule has 4 heterocycles. The monoisotopic (exact) mass is 746 g/mol. The van der Waals surface area contributed by atoms with Gasteiger partial charge in [-0.05, 0) is 60.7 Å². The zero-order valence-corrected chi connectivity index (χ0v) is 30.8. The Labute approximate surface area is 331 Å². The van der Waals surface area contributed by atoms with Gasteiger partial charge >= 0.3 is 0 Å². The number of hydrogen-bond acceptors (Lipinski definition) is 7. The third-order valence-corrected chi connectivity index (χ3v) is 10.9. The molecule has 0 aliphatic heterocycles. The third-order valence-electron chi connectivity index (χ3n) is 10.9. The fourth-order valence-electron chi connectivity index (χ4n) is 8.32. The summed E-state index contributed by atoms with van der Waals surface area (Å²) in [6, 6.07) is 61.5. The Morgan fingerprint density at radius 3 is 1.59 bits per heavy atom. The molecular weight excluding hydrogens is 717 g/mol. The zero-order chi connectivity index (χ0) is 38.2. The van der Waals surface area contributed by atoms with Crippen LogP contribution in [0.2, 0.25) is 0 Å². The van der Waals surface area contributed by atoms with Gasteiger partial charge in [0.2, 0.25) is 0 Å². The molecule has 272 valence electrons. The summed E-state index contributed by atoms with van der Waals surface area (Å²) in [7, 11) is 0. The van der Waals surface area contributed by atoms with Crippen molar-refractivity contribution in [1.82, 2.24) is 15.0 Å². The fraction of sp³-hybridized carbons (Fsp3) is 0. The molecule has 58 heavy (non-hydrogen) atoms. The second-order valence-corrected chi connectivity index (χ2v) is 14.4. The van der Waals surface area contributed by atoms with E-state index in [2.05, 4.69) is 77.7 Å². The predicted octanol–water partition coefficient (Wildman–Crippen LogP) is 14.0. The molecule has 0 aliphatic rings. The van der Waals surface area contributed by atoms with Crippen LogP contribution in [0.3, 0.4) is 0 Å². The van der Waals surface area contributed by atoms with Crippen molar-refractivity contribution in [2.45, 2.75) is 0 Å². The number of anilines is 3. The van der Waals surface area contributed by atoms with Crippen LogP contribution in [0.5, 0.6) is 0 Å². The van der Waals surface area contributed by atoms with Crippen molar-refractivity contribution in [2.24, 2.45) is 0 Å². The van der Waals surface area contributed by atoms with Crippen LogP contribution in [0.4, 0.5) is 17.1 Å². The highest BCUT2D eigenvalue weighted by Crippen LogP contribution is 2.45. The van der Waals surface area contributed by atoms with Gasteiger partial charge in [0, 0.05) is 66.4 Å². The lowest BCUT2D eigenvalue weighted by molar-refractivity contribution is 0.668. The first-order chi connectivity index (χ1) is 28.7. The Balaban J connectivity index is 1.15. The molecule has 0 fully saturated rings. The highest BCUT2D eigenvalue weighted by Gasteiger charge is 2.24. The van der Waals surface area contributed by atoms with E-state index >= 15 is 0 Å². The van der Waals surface area contributed by atoms with Crippen molar-refractivity contribution in [1.29, 1.82) is 0 Å². The molecule has 0 radical (unpaired) electrons. The molecule has 0 aliphatic carbocycles. The molecular formula is C51H30N4O3. The minimum absolute atomic E-state index is 0.524. The van der Waals surface area contributed by atoms with Gasteiger partial charge in [-0.15, -0.1) is 0 Å². The summed E-state index contributed by atoms with van der Waals surface area (Å²) in [6.45, 7) is 0. The molecule has 0 atom stereocenters. The summed E-state index contributed by atoms with van der Waals surface area (Å²) in [5, 5.41) is 5.96. The maximum atomic E-state index is 6.69. The second kappa shape index (κ2) is 12.8. The summed E-state index contributed by atoms with van der Waals surface area (Å²) in [4.78, 5) is 18.0. The van der Waals surface area contributed by atoms with Crippen LogP contribution in [0.1, 0.15) is 0 Å². The first-order valence-electron chi connectivity index (χ1n) is 19.2. The van der Waals surface area contributed by atoms with Crippen LogP contribution >= 0.6 is 0 Å². The van der Waals surface area contributed by atoms with E-state index in [1.165, 1.54) is 0 Å². The van der Waals surface area contributed by atoms with Gasteiger partial charge in [-0.25, -0.2) is 15.0 Å². The normalized spacial score (nSPS) is 11.8. The van der Waals surface area contributed by atoms with Gasteiger partial charge in [0.05, 0.1) is 5.69 Å². The molecule has 0 spiro atoms. The predicted molar refractivity (Wildman–Crippen MR) is 233 cm³/mol. The fourth-order valence-corrected chi connectivity index (χ4v) is 8.32. The van der Waals surface area contributed by atoms with Crippen molar-refractivity contribution in [2.75, 3.05) is 4.90 Å². The molecule has 8 aromatic carbocycles. The smallest absolute Gasteiger partial charge is 0.164 e. The van der Waals surface area contributed by atoms with Crippen LogP contribution in [0.15, 0.2) is 195 Å². The number of benzene rings is 8. The maximum absolute atomic E-state index is 6.69. The molecule has 0 bridgehead atoms. The van der Waals surface area contributed by atoms with Gasteiger partial charge in [-0.3, -0.25) is 0 Å². The van der Waals surface area contributed by atoms with E-state index in [-0.39, 0.29) is 0 Å². The van der Waals surface area contributed by atoms with Crippen LogP contribution in [-0.4, -0.2) is 15.0 Å². The van der Waals surface area contributed by atoms with Gasteiger partial charge in [-0.2, -0.15) is 0 Å². The van der Waals surface area contributed by atoms with Gasteiger partial charge in [-0.1, -0.05) is 115 Å².